The minimum Gasteiger partial charge on any atom is -0.0654 e. The second kappa shape index (κ2) is 9.24. The van der Waals surface area contributed by atoms with Gasteiger partial charge >= 0.3 is 0 Å². The van der Waals surface area contributed by atoms with Crippen molar-refractivity contribution in [2.24, 2.45) is 17.8 Å². The van der Waals surface area contributed by atoms with Crippen molar-refractivity contribution in [3.8, 4) is 0 Å². The van der Waals surface area contributed by atoms with Crippen LogP contribution < -0.4 is 0 Å². The van der Waals surface area contributed by atoms with Crippen LogP contribution in [0, 0.1) is 17.8 Å². The molecule has 0 aliphatic carbocycles. The Bertz CT molecular complexity index is 122. The topological polar surface area (TPSA) is 0 Å². The quantitative estimate of drug-likeness (QED) is 0.462. The summed E-state index contributed by atoms with van der Waals surface area (Å²) in [5.41, 5.74) is 0. The first-order valence-electron chi connectivity index (χ1n) is 7.15. The van der Waals surface area contributed by atoms with Gasteiger partial charge in [0.1, 0.15) is 0 Å². The van der Waals surface area contributed by atoms with Crippen molar-refractivity contribution in [3.05, 3.63) is 0 Å². The molecule has 0 aromatic rings. The third kappa shape index (κ3) is 6.98. The third-order valence-electron chi connectivity index (χ3n) is 3.94. The first-order chi connectivity index (χ1) is 7.15. The maximum absolute atomic E-state index is 2.47. The van der Waals surface area contributed by atoms with E-state index in [-0.39, 0.29) is 0 Å². The molecule has 0 bridgehead atoms. The van der Waals surface area contributed by atoms with Crippen molar-refractivity contribution < 1.29 is 0 Å². The Labute approximate surface area is 97.8 Å². The first-order valence-corrected chi connectivity index (χ1v) is 7.15. The second-order valence-electron chi connectivity index (χ2n) is 5.41. The molecule has 0 heteroatoms. The fraction of sp³-hybridized carbons (Fsp3) is 1.00. The monoisotopic (exact) mass is 212 g/mol. The molecule has 2 atom stereocenters. The van der Waals surface area contributed by atoms with Crippen LogP contribution in [0.4, 0.5) is 0 Å². The van der Waals surface area contributed by atoms with Crippen LogP contribution >= 0.6 is 0 Å². The Hall–Kier alpha value is 0. The molecule has 0 radical (unpaired) electrons. The van der Waals surface area contributed by atoms with Gasteiger partial charge in [0, 0.05) is 0 Å². The fourth-order valence-electron chi connectivity index (χ4n) is 2.44. The molecule has 0 N–H and O–H groups in total. The first kappa shape index (κ1) is 15.0. The number of hydrogen-bond donors (Lipinski definition) is 0. The van der Waals surface area contributed by atoms with Crippen LogP contribution in [0.15, 0.2) is 0 Å². The molecule has 0 saturated heterocycles. The highest BCUT2D eigenvalue weighted by atomic mass is 14.2. The summed E-state index contributed by atoms with van der Waals surface area (Å²) >= 11 is 0. The van der Waals surface area contributed by atoms with E-state index in [0.29, 0.717) is 0 Å². The average Bonchev–Trinajstić information content (AvgIpc) is 2.25. The zero-order chi connectivity index (χ0) is 11.7. The molecule has 0 aromatic heterocycles. The summed E-state index contributed by atoms with van der Waals surface area (Å²) in [4.78, 5) is 0. The summed E-state index contributed by atoms with van der Waals surface area (Å²) in [6.45, 7) is 11.8. The van der Waals surface area contributed by atoms with E-state index in [1.165, 1.54) is 44.9 Å². The average molecular weight is 212 g/mol. The largest absolute Gasteiger partial charge is 0.0654 e. The molecule has 0 saturated carbocycles. The highest BCUT2D eigenvalue weighted by molar-refractivity contribution is 4.67. The lowest BCUT2D eigenvalue weighted by Crippen LogP contribution is -2.12. The Morgan fingerprint density at radius 2 is 1.27 bits per heavy atom. The van der Waals surface area contributed by atoms with Crippen LogP contribution in [-0.2, 0) is 0 Å². The highest BCUT2D eigenvalue weighted by Gasteiger charge is 2.15. The predicted molar refractivity (Wildman–Crippen MR) is 71.2 cm³/mol. The van der Waals surface area contributed by atoms with E-state index in [2.05, 4.69) is 34.6 Å². The molecule has 0 aliphatic rings. The molecule has 2 unspecified atom stereocenters. The molecule has 0 rings (SSSR count). The van der Waals surface area contributed by atoms with Gasteiger partial charge in [-0.3, -0.25) is 0 Å². The molecule has 0 amide bonds. The predicted octanol–water partition coefficient (Wildman–Crippen LogP) is 5.67. The van der Waals surface area contributed by atoms with Gasteiger partial charge in [0.15, 0.2) is 0 Å². The summed E-state index contributed by atoms with van der Waals surface area (Å²) in [7, 11) is 0. The van der Waals surface area contributed by atoms with Crippen LogP contribution in [0.1, 0.15) is 79.6 Å². The SMILES string of the molecule is CCCC(CCC)C(C)CCC(C)CC. The Morgan fingerprint density at radius 3 is 1.67 bits per heavy atom. The molecular weight excluding hydrogens is 180 g/mol. The van der Waals surface area contributed by atoms with Gasteiger partial charge in [0.2, 0.25) is 0 Å². The van der Waals surface area contributed by atoms with E-state index in [9.17, 15) is 0 Å². The van der Waals surface area contributed by atoms with Crippen molar-refractivity contribution in [3.63, 3.8) is 0 Å². The van der Waals surface area contributed by atoms with E-state index in [0.717, 1.165) is 17.8 Å². The van der Waals surface area contributed by atoms with E-state index < -0.39 is 0 Å². The maximum Gasteiger partial charge on any atom is -0.0389 e. The fourth-order valence-corrected chi connectivity index (χ4v) is 2.44. The molecule has 0 fully saturated rings. The van der Waals surface area contributed by atoms with Gasteiger partial charge in [-0.15, -0.1) is 0 Å². The Morgan fingerprint density at radius 1 is 0.733 bits per heavy atom. The standard InChI is InChI=1S/C15H32/c1-6-9-15(10-7-2)14(5)12-11-13(4)8-3/h13-15H,6-12H2,1-5H3. The van der Waals surface area contributed by atoms with Crippen LogP contribution in [-0.4, -0.2) is 0 Å². The second-order valence-corrected chi connectivity index (χ2v) is 5.41. The van der Waals surface area contributed by atoms with E-state index in [4.69, 9.17) is 0 Å². The summed E-state index contributed by atoms with van der Waals surface area (Å²) in [5, 5.41) is 0. The van der Waals surface area contributed by atoms with Gasteiger partial charge in [0.25, 0.3) is 0 Å². The van der Waals surface area contributed by atoms with Crippen LogP contribution in [0.2, 0.25) is 0 Å². The normalized spacial score (nSPS) is 15.6. The summed E-state index contributed by atoms with van der Waals surface area (Å²) < 4.78 is 0. The summed E-state index contributed by atoms with van der Waals surface area (Å²) in [6, 6.07) is 0. The molecule has 0 aromatic carbocycles. The van der Waals surface area contributed by atoms with Crippen molar-refractivity contribution in [2.75, 3.05) is 0 Å². The minimum absolute atomic E-state index is 0.927. The van der Waals surface area contributed by atoms with Crippen LogP contribution in [0.25, 0.3) is 0 Å². The van der Waals surface area contributed by atoms with Crippen LogP contribution in [0.5, 0.6) is 0 Å². The molecule has 0 nitrogen and oxygen atoms in total. The van der Waals surface area contributed by atoms with Gasteiger partial charge in [-0.2, -0.15) is 0 Å². The zero-order valence-electron chi connectivity index (χ0n) is 11.7. The highest BCUT2D eigenvalue weighted by Crippen LogP contribution is 2.28. The molecule has 0 heterocycles. The van der Waals surface area contributed by atoms with E-state index in [1.54, 1.807) is 0 Å². The summed E-state index contributed by atoms with van der Waals surface area (Å²) in [6.07, 6.45) is 9.82. The maximum atomic E-state index is 2.47. The van der Waals surface area contributed by atoms with Gasteiger partial charge in [-0.05, 0) is 17.8 Å². The lowest BCUT2D eigenvalue weighted by molar-refractivity contribution is 0.275. The van der Waals surface area contributed by atoms with Gasteiger partial charge in [-0.1, -0.05) is 79.6 Å². The Balaban J connectivity index is 3.84. The van der Waals surface area contributed by atoms with Gasteiger partial charge in [0.05, 0.1) is 0 Å². The number of rotatable bonds is 9. The zero-order valence-corrected chi connectivity index (χ0v) is 11.7. The molecule has 0 aliphatic heterocycles. The summed E-state index contributed by atoms with van der Waals surface area (Å²) in [5.74, 6) is 2.86. The molecular formula is C15H32. The molecule has 92 valence electrons. The van der Waals surface area contributed by atoms with Crippen molar-refractivity contribution in [2.45, 2.75) is 79.6 Å². The van der Waals surface area contributed by atoms with Gasteiger partial charge < -0.3 is 0 Å². The van der Waals surface area contributed by atoms with E-state index in [1.807, 2.05) is 0 Å². The van der Waals surface area contributed by atoms with Gasteiger partial charge in [-0.25, -0.2) is 0 Å². The third-order valence-corrected chi connectivity index (χ3v) is 3.94. The smallest absolute Gasteiger partial charge is 0.0389 e. The lowest BCUT2D eigenvalue weighted by atomic mass is 9.82. The molecule has 15 heavy (non-hydrogen) atoms. The van der Waals surface area contributed by atoms with Crippen molar-refractivity contribution in [1.82, 2.24) is 0 Å². The van der Waals surface area contributed by atoms with Crippen molar-refractivity contribution >= 4 is 0 Å². The van der Waals surface area contributed by atoms with E-state index >= 15 is 0 Å². The number of hydrogen-bond acceptors (Lipinski definition) is 0. The van der Waals surface area contributed by atoms with Crippen molar-refractivity contribution in [1.29, 1.82) is 0 Å². The Kier molecular flexibility index (Phi) is 9.24. The lowest BCUT2D eigenvalue weighted by Gasteiger charge is -2.24. The minimum atomic E-state index is 0.927. The molecule has 0 spiro atoms. The van der Waals surface area contributed by atoms with Crippen LogP contribution in [0.3, 0.4) is 0 Å².